The van der Waals surface area contributed by atoms with Gasteiger partial charge in [-0.15, -0.1) is 0 Å². The number of aryl methyl sites for hydroxylation is 1. The molecule has 2 aromatic rings. The quantitative estimate of drug-likeness (QED) is 0.908. The third-order valence-electron chi connectivity index (χ3n) is 2.95. The van der Waals surface area contributed by atoms with E-state index in [1.807, 2.05) is 6.07 Å². The van der Waals surface area contributed by atoms with Crippen LogP contribution in [0.15, 0.2) is 24.4 Å². The van der Waals surface area contributed by atoms with Crippen LogP contribution in [0.25, 0.3) is 0 Å². The van der Waals surface area contributed by atoms with Crippen molar-refractivity contribution >= 4 is 17.5 Å². The minimum Gasteiger partial charge on any atom is -0.372 e. The molecule has 0 aliphatic rings. The van der Waals surface area contributed by atoms with Crippen LogP contribution in [0.4, 0.5) is 30.6 Å². The summed E-state index contributed by atoms with van der Waals surface area (Å²) in [5.41, 5.74) is 0.842. The Balaban J connectivity index is 2.33. The lowest BCUT2D eigenvalue weighted by atomic mass is 10.1. The molecule has 0 saturated carbocycles. The molecule has 2 rings (SSSR count). The first kappa shape index (κ1) is 15.6. The third kappa shape index (κ3) is 3.25. The van der Waals surface area contributed by atoms with E-state index < -0.39 is 11.7 Å². The molecule has 5 nitrogen and oxygen atoms in total. The van der Waals surface area contributed by atoms with Gasteiger partial charge in [0.1, 0.15) is 11.4 Å². The van der Waals surface area contributed by atoms with Gasteiger partial charge in [-0.05, 0) is 24.6 Å². The number of aromatic nitrogens is 2. The van der Waals surface area contributed by atoms with E-state index in [4.69, 9.17) is 5.26 Å². The van der Waals surface area contributed by atoms with Crippen LogP contribution in [0.3, 0.4) is 0 Å². The maximum atomic E-state index is 12.8. The van der Waals surface area contributed by atoms with Crippen LogP contribution in [0.2, 0.25) is 0 Å². The zero-order valence-electron chi connectivity index (χ0n) is 11.8. The molecule has 114 valence electrons. The van der Waals surface area contributed by atoms with E-state index >= 15 is 0 Å². The molecule has 0 aliphatic heterocycles. The lowest BCUT2D eigenvalue weighted by molar-refractivity contribution is -0.137. The Morgan fingerprint density at radius 2 is 2.00 bits per heavy atom. The highest BCUT2D eigenvalue weighted by atomic mass is 19.4. The molecule has 8 heteroatoms. The topological polar surface area (TPSA) is 73.6 Å². The summed E-state index contributed by atoms with van der Waals surface area (Å²) in [6, 6.07) is 7.03. The van der Waals surface area contributed by atoms with Crippen molar-refractivity contribution in [1.29, 1.82) is 5.26 Å². The number of halogens is 3. The zero-order chi connectivity index (χ0) is 16.3. The summed E-state index contributed by atoms with van der Waals surface area (Å²) in [5, 5.41) is 14.1. The van der Waals surface area contributed by atoms with Gasteiger partial charge in [-0.1, -0.05) is 6.07 Å². The van der Waals surface area contributed by atoms with Crippen molar-refractivity contribution in [3.05, 3.63) is 41.1 Å². The van der Waals surface area contributed by atoms with Crippen LogP contribution >= 0.6 is 0 Å². The first-order chi connectivity index (χ1) is 10.3. The molecule has 0 unspecified atom stereocenters. The average Bonchev–Trinajstić information content (AvgIpc) is 2.48. The van der Waals surface area contributed by atoms with E-state index in [9.17, 15) is 13.2 Å². The van der Waals surface area contributed by atoms with E-state index in [0.717, 1.165) is 5.56 Å². The van der Waals surface area contributed by atoms with Crippen LogP contribution < -0.4 is 10.6 Å². The van der Waals surface area contributed by atoms with Crippen molar-refractivity contribution in [2.75, 3.05) is 17.7 Å². The van der Waals surface area contributed by atoms with E-state index in [2.05, 4.69) is 20.6 Å². The highest BCUT2D eigenvalue weighted by molar-refractivity contribution is 5.59. The Morgan fingerprint density at radius 3 is 2.59 bits per heavy atom. The number of nitrogens with one attached hydrogen (secondary N) is 2. The minimum atomic E-state index is -4.53. The van der Waals surface area contributed by atoms with Gasteiger partial charge < -0.3 is 10.6 Å². The highest BCUT2D eigenvalue weighted by Gasteiger charge is 2.35. The largest absolute Gasteiger partial charge is 0.421 e. The SMILES string of the molecule is CNc1nc(Nc2ccc(C)c(C#N)c2)ncc1C(F)(F)F. The van der Waals surface area contributed by atoms with Crippen LogP contribution in [-0.4, -0.2) is 17.0 Å². The monoisotopic (exact) mass is 307 g/mol. The molecule has 0 spiro atoms. The van der Waals surface area contributed by atoms with Gasteiger partial charge in [0.15, 0.2) is 0 Å². The van der Waals surface area contributed by atoms with Gasteiger partial charge in [-0.2, -0.15) is 23.4 Å². The number of hydrogen-bond donors (Lipinski definition) is 2. The molecule has 22 heavy (non-hydrogen) atoms. The predicted octanol–water partition coefficient (Wildman–Crippen LogP) is 3.46. The Hall–Kier alpha value is -2.82. The second-order valence-corrected chi connectivity index (χ2v) is 4.47. The van der Waals surface area contributed by atoms with Gasteiger partial charge >= 0.3 is 6.18 Å². The van der Waals surface area contributed by atoms with Crippen molar-refractivity contribution in [3.8, 4) is 6.07 Å². The Bertz CT molecular complexity index is 734. The van der Waals surface area contributed by atoms with Crippen molar-refractivity contribution in [2.45, 2.75) is 13.1 Å². The fourth-order valence-electron chi connectivity index (χ4n) is 1.79. The summed E-state index contributed by atoms with van der Waals surface area (Å²) in [4.78, 5) is 7.46. The molecular formula is C14H12F3N5. The van der Waals surface area contributed by atoms with Crippen molar-refractivity contribution < 1.29 is 13.2 Å². The molecule has 0 fully saturated rings. The number of anilines is 3. The molecule has 0 aliphatic carbocycles. The molecule has 0 radical (unpaired) electrons. The number of alkyl halides is 3. The summed E-state index contributed by atoms with van der Waals surface area (Å²) in [6.45, 7) is 1.79. The molecule has 0 saturated heterocycles. The van der Waals surface area contributed by atoms with Crippen LogP contribution in [0.5, 0.6) is 0 Å². The van der Waals surface area contributed by atoms with Gasteiger partial charge in [0.25, 0.3) is 0 Å². The Morgan fingerprint density at radius 1 is 1.27 bits per heavy atom. The number of hydrogen-bond acceptors (Lipinski definition) is 5. The lowest BCUT2D eigenvalue weighted by Gasteiger charge is -2.13. The first-order valence-electron chi connectivity index (χ1n) is 6.25. The van der Waals surface area contributed by atoms with Gasteiger partial charge in [0, 0.05) is 18.9 Å². The van der Waals surface area contributed by atoms with Gasteiger partial charge in [-0.3, -0.25) is 0 Å². The summed E-state index contributed by atoms with van der Waals surface area (Å²) < 4.78 is 38.3. The minimum absolute atomic E-state index is 0.00472. The molecule has 2 N–H and O–H groups in total. The molecule has 0 atom stereocenters. The molecule has 0 amide bonds. The average molecular weight is 307 g/mol. The Labute approximate surface area is 124 Å². The lowest BCUT2D eigenvalue weighted by Crippen LogP contribution is -2.12. The summed E-state index contributed by atoms with van der Waals surface area (Å²) in [7, 11) is 1.35. The number of benzene rings is 1. The molecule has 1 heterocycles. The zero-order valence-corrected chi connectivity index (χ0v) is 11.8. The van der Waals surface area contributed by atoms with E-state index in [-0.39, 0.29) is 11.8 Å². The third-order valence-corrected chi connectivity index (χ3v) is 2.95. The van der Waals surface area contributed by atoms with Gasteiger partial charge in [0.2, 0.25) is 5.95 Å². The van der Waals surface area contributed by atoms with E-state index in [0.29, 0.717) is 17.4 Å². The molecule has 0 bridgehead atoms. The van der Waals surface area contributed by atoms with Crippen molar-refractivity contribution in [1.82, 2.24) is 9.97 Å². The highest BCUT2D eigenvalue weighted by Crippen LogP contribution is 2.33. The normalized spacial score (nSPS) is 10.9. The summed E-state index contributed by atoms with van der Waals surface area (Å²) >= 11 is 0. The molecule has 1 aromatic carbocycles. The second-order valence-electron chi connectivity index (χ2n) is 4.47. The fourth-order valence-corrected chi connectivity index (χ4v) is 1.79. The maximum absolute atomic E-state index is 12.8. The predicted molar refractivity (Wildman–Crippen MR) is 75.8 cm³/mol. The summed E-state index contributed by atoms with van der Waals surface area (Å²) in [6.07, 6.45) is -3.82. The molecular weight excluding hydrogens is 295 g/mol. The van der Waals surface area contributed by atoms with E-state index in [1.165, 1.54) is 7.05 Å². The number of nitrogens with zero attached hydrogens (tertiary/aromatic N) is 3. The maximum Gasteiger partial charge on any atom is 0.421 e. The summed E-state index contributed by atoms with van der Waals surface area (Å²) in [5.74, 6) is -0.317. The standard InChI is InChI=1S/C14H12F3N5/c1-8-3-4-10(5-9(8)6-18)21-13-20-7-11(14(15,16)17)12(19-2)22-13/h3-5,7H,1-2H3,(H2,19,20,21,22). The van der Waals surface area contributed by atoms with Gasteiger partial charge in [-0.25, -0.2) is 4.98 Å². The Kier molecular flexibility index (Phi) is 4.17. The van der Waals surface area contributed by atoms with Crippen LogP contribution in [0.1, 0.15) is 16.7 Å². The van der Waals surface area contributed by atoms with Crippen molar-refractivity contribution in [2.24, 2.45) is 0 Å². The second kappa shape index (κ2) is 5.89. The van der Waals surface area contributed by atoms with Crippen molar-refractivity contribution in [3.63, 3.8) is 0 Å². The molecule has 1 aromatic heterocycles. The fraction of sp³-hybridized carbons (Fsp3) is 0.214. The smallest absolute Gasteiger partial charge is 0.372 e. The van der Waals surface area contributed by atoms with E-state index in [1.54, 1.807) is 25.1 Å². The van der Waals surface area contributed by atoms with Crippen LogP contribution in [0, 0.1) is 18.3 Å². The number of nitriles is 1. The first-order valence-corrected chi connectivity index (χ1v) is 6.25. The van der Waals surface area contributed by atoms with Crippen LogP contribution in [-0.2, 0) is 6.18 Å². The van der Waals surface area contributed by atoms with Gasteiger partial charge in [0.05, 0.1) is 11.6 Å². The number of rotatable bonds is 3.